The number of likely N-dealkylation sites (tertiary alicyclic amines) is 1. The van der Waals surface area contributed by atoms with Gasteiger partial charge in [-0.2, -0.15) is 0 Å². The molecule has 0 aliphatic carbocycles. The topological polar surface area (TPSA) is 69.7 Å². The van der Waals surface area contributed by atoms with Crippen LogP contribution in [0.5, 0.6) is 0 Å². The smallest absolute Gasteiger partial charge is 0.325 e. The van der Waals surface area contributed by atoms with E-state index in [1.807, 2.05) is 25.1 Å². The van der Waals surface area contributed by atoms with Crippen LogP contribution in [0.2, 0.25) is 5.02 Å². The van der Waals surface area contributed by atoms with E-state index in [1.165, 1.54) is 4.90 Å². The Bertz CT molecular complexity index is 976. The molecule has 4 amide bonds. The van der Waals surface area contributed by atoms with Crippen molar-refractivity contribution < 1.29 is 14.4 Å². The van der Waals surface area contributed by atoms with E-state index in [4.69, 9.17) is 11.6 Å². The lowest BCUT2D eigenvalue weighted by Crippen LogP contribution is -2.59. The van der Waals surface area contributed by atoms with E-state index in [9.17, 15) is 14.4 Å². The van der Waals surface area contributed by atoms with E-state index in [2.05, 4.69) is 5.32 Å². The molecule has 150 valence electrons. The van der Waals surface area contributed by atoms with Crippen molar-refractivity contribution >= 4 is 29.4 Å². The Hall–Kier alpha value is -2.86. The summed E-state index contributed by atoms with van der Waals surface area (Å²) in [5.74, 6) is -0.414. The van der Waals surface area contributed by atoms with Gasteiger partial charge in [-0.25, -0.2) is 4.79 Å². The van der Waals surface area contributed by atoms with Crippen LogP contribution < -0.4 is 5.32 Å². The number of halogens is 1. The standard InChI is InChI=1S/C22H22ClN3O3/c1-15-6-8-17(9-7-15)19(27)25-11-3-10-22(14-25)20(28)26(21(29)24-22)13-16-4-2-5-18(23)12-16/h2,4-9,12H,3,10-11,13-14H2,1H3,(H,24,29)/t22-/m1/s1. The van der Waals surface area contributed by atoms with E-state index in [0.29, 0.717) is 30.0 Å². The Balaban J connectivity index is 1.53. The fraction of sp³-hybridized carbons (Fsp3) is 0.318. The third-order valence-corrected chi connectivity index (χ3v) is 5.79. The second-order valence-electron chi connectivity index (χ2n) is 7.73. The Morgan fingerprint density at radius 1 is 1.17 bits per heavy atom. The molecule has 0 saturated carbocycles. The Labute approximate surface area is 174 Å². The van der Waals surface area contributed by atoms with Gasteiger partial charge in [-0.3, -0.25) is 14.5 Å². The summed E-state index contributed by atoms with van der Waals surface area (Å²) in [6.45, 7) is 2.85. The molecule has 2 aromatic carbocycles. The van der Waals surface area contributed by atoms with Crippen LogP contribution >= 0.6 is 11.6 Å². The molecule has 2 aliphatic heterocycles. The maximum atomic E-state index is 13.2. The van der Waals surface area contributed by atoms with Gasteiger partial charge >= 0.3 is 6.03 Å². The van der Waals surface area contributed by atoms with Crippen LogP contribution in [0.25, 0.3) is 0 Å². The van der Waals surface area contributed by atoms with Crippen LogP contribution in [0, 0.1) is 6.92 Å². The summed E-state index contributed by atoms with van der Waals surface area (Å²) in [6.07, 6.45) is 1.16. The van der Waals surface area contributed by atoms with Gasteiger partial charge in [0.2, 0.25) is 0 Å². The van der Waals surface area contributed by atoms with Crippen LogP contribution in [-0.4, -0.2) is 46.3 Å². The number of piperidine rings is 1. The van der Waals surface area contributed by atoms with Gasteiger partial charge in [-0.05, 0) is 49.6 Å². The number of nitrogens with one attached hydrogen (secondary N) is 1. The predicted octanol–water partition coefficient (Wildman–Crippen LogP) is 3.38. The van der Waals surface area contributed by atoms with Crippen molar-refractivity contribution in [2.75, 3.05) is 13.1 Å². The number of benzene rings is 2. The molecule has 2 heterocycles. The molecule has 29 heavy (non-hydrogen) atoms. The molecule has 1 atom stereocenters. The second kappa shape index (κ2) is 7.52. The number of hydrogen-bond donors (Lipinski definition) is 1. The summed E-state index contributed by atoms with van der Waals surface area (Å²) < 4.78 is 0. The van der Waals surface area contributed by atoms with Crippen molar-refractivity contribution in [3.63, 3.8) is 0 Å². The van der Waals surface area contributed by atoms with Crippen LogP contribution in [-0.2, 0) is 11.3 Å². The van der Waals surface area contributed by atoms with Crippen molar-refractivity contribution in [1.29, 1.82) is 0 Å². The van der Waals surface area contributed by atoms with Crippen molar-refractivity contribution in [3.05, 3.63) is 70.2 Å². The third kappa shape index (κ3) is 3.72. The number of urea groups is 1. The summed E-state index contributed by atoms with van der Waals surface area (Å²) in [4.78, 5) is 41.6. The highest BCUT2D eigenvalue weighted by Crippen LogP contribution is 2.30. The number of aryl methyl sites for hydroxylation is 1. The van der Waals surface area contributed by atoms with Crippen LogP contribution in [0.4, 0.5) is 4.79 Å². The van der Waals surface area contributed by atoms with Crippen molar-refractivity contribution in [2.24, 2.45) is 0 Å². The number of rotatable bonds is 3. The Kier molecular flexibility index (Phi) is 5.04. The van der Waals surface area contributed by atoms with E-state index < -0.39 is 11.6 Å². The van der Waals surface area contributed by atoms with E-state index >= 15 is 0 Å². The molecule has 0 unspecified atom stereocenters. The number of carbonyl (C=O) groups is 3. The molecule has 1 N–H and O–H groups in total. The van der Waals surface area contributed by atoms with Gasteiger partial charge < -0.3 is 10.2 Å². The second-order valence-corrected chi connectivity index (χ2v) is 8.17. The molecule has 4 rings (SSSR count). The summed E-state index contributed by atoms with van der Waals surface area (Å²) in [6, 6.07) is 14.0. The molecular formula is C22H22ClN3O3. The number of imide groups is 1. The normalized spacial score (nSPS) is 21.6. The zero-order valence-electron chi connectivity index (χ0n) is 16.2. The highest BCUT2D eigenvalue weighted by atomic mass is 35.5. The van der Waals surface area contributed by atoms with Gasteiger partial charge in [0.25, 0.3) is 11.8 Å². The molecule has 1 spiro atoms. The van der Waals surface area contributed by atoms with Crippen molar-refractivity contribution in [1.82, 2.24) is 15.1 Å². The molecule has 0 bridgehead atoms. The monoisotopic (exact) mass is 411 g/mol. The highest BCUT2D eigenvalue weighted by molar-refractivity contribution is 6.30. The lowest BCUT2D eigenvalue weighted by molar-refractivity contribution is -0.133. The molecule has 2 aromatic rings. The average Bonchev–Trinajstić information content (AvgIpc) is 2.92. The first-order chi connectivity index (χ1) is 13.9. The van der Waals surface area contributed by atoms with E-state index in [0.717, 1.165) is 11.1 Å². The summed E-state index contributed by atoms with van der Waals surface area (Å²) in [5, 5.41) is 3.41. The van der Waals surface area contributed by atoms with Gasteiger partial charge in [0, 0.05) is 17.1 Å². The highest BCUT2D eigenvalue weighted by Gasteiger charge is 2.53. The molecule has 0 aromatic heterocycles. The van der Waals surface area contributed by atoms with Gasteiger partial charge in [0.1, 0.15) is 5.54 Å². The first kappa shape index (κ1) is 19.5. The number of nitrogens with zero attached hydrogens (tertiary/aromatic N) is 2. The van der Waals surface area contributed by atoms with Gasteiger partial charge in [0.15, 0.2) is 0 Å². The third-order valence-electron chi connectivity index (χ3n) is 5.55. The molecular weight excluding hydrogens is 390 g/mol. The Morgan fingerprint density at radius 3 is 2.66 bits per heavy atom. The van der Waals surface area contributed by atoms with Crippen LogP contribution in [0.3, 0.4) is 0 Å². The SMILES string of the molecule is Cc1ccc(C(=O)N2CCC[C@]3(C2)NC(=O)N(Cc2cccc(Cl)c2)C3=O)cc1. The summed E-state index contributed by atoms with van der Waals surface area (Å²) in [7, 11) is 0. The first-order valence-corrected chi connectivity index (χ1v) is 10.0. The minimum absolute atomic E-state index is 0.126. The minimum Gasteiger partial charge on any atom is -0.336 e. The van der Waals surface area contributed by atoms with Crippen LogP contribution in [0.15, 0.2) is 48.5 Å². The maximum Gasteiger partial charge on any atom is 0.325 e. The quantitative estimate of drug-likeness (QED) is 0.787. The number of amides is 4. The largest absolute Gasteiger partial charge is 0.336 e. The van der Waals surface area contributed by atoms with Crippen molar-refractivity contribution in [2.45, 2.75) is 31.8 Å². The van der Waals surface area contributed by atoms with Gasteiger partial charge in [-0.1, -0.05) is 41.4 Å². The molecule has 6 nitrogen and oxygen atoms in total. The number of carbonyl (C=O) groups excluding carboxylic acids is 3. The van der Waals surface area contributed by atoms with Gasteiger partial charge in [-0.15, -0.1) is 0 Å². The van der Waals surface area contributed by atoms with E-state index in [1.54, 1.807) is 35.2 Å². The minimum atomic E-state index is -1.06. The molecule has 0 radical (unpaired) electrons. The zero-order chi connectivity index (χ0) is 20.6. The average molecular weight is 412 g/mol. The fourth-order valence-corrected chi connectivity index (χ4v) is 4.23. The zero-order valence-corrected chi connectivity index (χ0v) is 16.9. The summed E-state index contributed by atoms with van der Waals surface area (Å²) >= 11 is 6.02. The number of hydrogen-bond acceptors (Lipinski definition) is 3. The van der Waals surface area contributed by atoms with Crippen LogP contribution in [0.1, 0.15) is 34.3 Å². The van der Waals surface area contributed by atoms with Crippen molar-refractivity contribution in [3.8, 4) is 0 Å². The van der Waals surface area contributed by atoms with Gasteiger partial charge in [0.05, 0.1) is 13.1 Å². The lowest BCUT2D eigenvalue weighted by Gasteiger charge is -2.38. The molecule has 2 aliphatic rings. The molecule has 2 fully saturated rings. The Morgan fingerprint density at radius 2 is 1.93 bits per heavy atom. The molecule has 7 heteroatoms. The fourth-order valence-electron chi connectivity index (χ4n) is 4.02. The predicted molar refractivity (Wildman–Crippen MR) is 110 cm³/mol. The summed E-state index contributed by atoms with van der Waals surface area (Å²) in [5.41, 5.74) is 1.38. The lowest BCUT2D eigenvalue weighted by atomic mass is 9.88. The van der Waals surface area contributed by atoms with E-state index in [-0.39, 0.29) is 24.9 Å². The molecule has 2 saturated heterocycles. The maximum absolute atomic E-state index is 13.2. The first-order valence-electron chi connectivity index (χ1n) is 9.62.